The van der Waals surface area contributed by atoms with Gasteiger partial charge in [-0.25, -0.2) is 0 Å². The van der Waals surface area contributed by atoms with E-state index in [0.29, 0.717) is 17.4 Å². The maximum Gasteiger partial charge on any atom is 0.254 e. The summed E-state index contributed by atoms with van der Waals surface area (Å²) in [6, 6.07) is 18.8. The minimum Gasteiger partial charge on any atom is -0.456 e. The number of hydrogen-bond acceptors (Lipinski definition) is 4. The van der Waals surface area contributed by atoms with Gasteiger partial charge in [0.2, 0.25) is 0 Å². The van der Waals surface area contributed by atoms with Crippen LogP contribution in [0.1, 0.15) is 39.9 Å². The Morgan fingerprint density at radius 1 is 1.10 bits per heavy atom. The number of benzene rings is 2. The molecule has 0 fully saturated rings. The summed E-state index contributed by atoms with van der Waals surface area (Å²) in [5, 5.41) is 3.71. The van der Waals surface area contributed by atoms with Crippen molar-refractivity contribution in [1.82, 2.24) is 10.3 Å². The van der Waals surface area contributed by atoms with Gasteiger partial charge in [-0.05, 0) is 67.5 Å². The topological polar surface area (TPSA) is 77.2 Å². The van der Waals surface area contributed by atoms with Crippen molar-refractivity contribution in [1.29, 1.82) is 0 Å². The third-order valence-electron chi connectivity index (χ3n) is 5.63. The van der Waals surface area contributed by atoms with Crippen molar-refractivity contribution in [2.45, 2.75) is 38.1 Å². The Morgan fingerprint density at radius 2 is 1.97 bits per heavy atom. The lowest BCUT2D eigenvalue weighted by Crippen LogP contribution is -2.35. The Labute approximate surface area is 177 Å². The van der Waals surface area contributed by atoms with Crippen LogP contribution in [0.15, 0.2) is 67.0 Å². The monoisotopic (exact) mass is 401 g/mol. The van der Waals surface area contributed by atoms with Crippen molar-refractivity contribution in [3.05, 3.63) is 89.2 Å². The molecule has 0 radical (unpaired) electrons. The summed E-state index contributed by atoms with van der Waals surface area (Å²) in [6.45, 7) is 0.994. The van der Waals surface area contributed by atoms with Crippen LogP contribution in [-0.2, 0) is 19.3 Å². The Balaban J connectivity index is 1.40. The number of aryl methyl sites for hydroxylation is 2. The van der Waals surface area contributed by atoms with E-state index in [1.165, 1.54) is 22.9 Å². The highest BCUT2D eigenvalue weighted by Gasteiger charge is 2.22. The number of fused-ring (bicyclic) bond motifs is 1. The van der Waals surface area contributed by atoms with E-state index in [1.807, 2.05) is 12.1 Å². The molecule has 1 amide bonds. The molecular formula is C25H27N3O2. The molecule has 1 unspecified atom stereocenters. The number of amides is 1. The van der Waals surface area contributed by atoms with Crippen LogP contribution in [0.3, 0.4) is 0 Å². The highest BCUT2D eigenvalue weighted by molar-refractivity contribution is 5.95. The number of ether oxygens (including phenoxy) is 1. The number of rotatable bonds is 8. The molecule has 154 valence electrons. The van der Waals surface area contributed by atoms with Gasteiger partial charge >= 0.3 is 0 Å². The van der Waals surface area contributed by atoms with Crippen LogP contribution in [0.4, 0.5) is 0 Å². The fourth-order valence-electron chi connectivity index (χ4n) is 4.04. The van der Waals surface area contributed by atoms with Crippen LogP contribution in [0.2, 0.25) is 0 Å². The van der Waals surface area contributed by atoms with Gasteiger partial charge in [-0.1, -0.05) is 42.5 Å². The molecule has 0 spiro atoms. The van der Waals surface area contributed by atoms with Gasteiger partial charge in [0.1, 0.15) is 17.1 Å². The second kappa shape index (κ2) is 9.55. The molecule has 5 nitrogen and oxygen atoms in total. The van der Waals surface area contributed by atoms with Crippen LogP contribution < -0.4 is 15.8 Å². The van der Waals surface area contributed by atoms with E-state index < -0.39 is 5.91 Å². The van der Waals surface area contributed by atoms with E-state index in [2.05, 4.69) is 46.7 Å². The molecule has 3 aromatic rings. The molecule has 1 heterocycles. The van der Waals surface area contributed by atoms with E-state index >= 15 is 0 Å². The van der Waals surface area contributed by atoms with Crippen molar-refractivity contribution in [3.8, 4) is 11.5 Å². The molecule has 4 rings (SSSR count). The first-order valence-corrected chi connectivity index (χ1v) is 10.5. The number of carbonyl (C=O) groups is 1. The van der Waals surface area contributed by atoms with Gasteiger partial charge in [0, 0.05) is 18.4 Å². The Morgan fingerprint density at radius 3 is 2.80 bits per heavy atom. The van der Waals surface area contributed by atoms with Gasteiger partial charge < -0.3 is 15.8 Å². The van der Waals surface area contributed by atoms with Gasteiger partial charge in [0.05, 0.1) is 0 Å². The zero-order chi connectivity index (χ0) is 20.8. The summed E-state index contributed by atoms with van der Waals surface area (Å²) in [7, 11) is 0. The van der Waals surface area contributed by atoms with Gasteiger partial charge in [-0.15, -0.1) is 0 Å². The van der Waals surface area contributed by atoms with Crippen molar-refractivity contribution >= 4 is 5.91 Å². The molecular weight excluding hydrogens is 374 g/mol. The number of carbonyl (C=O) groups excluding carboxylic acids is 1. The molecule has 30 heavy (non-hydrogen) atoms. The SMILES string of the molecule is NC(=O)c1cnccc1Oc1cccc2c1CC(NCCCc1ccccc1)CC2. The van der Waals surface area contributed by atoms with Crippen LogP contribution in [0.25, 0.3) is 0 Å². The minimum absolute atomic E-state index is 0.293. The second-order valence-electron chi connectivity index (χ2n) is 7.71. The van der Waals surface area contributed by atoms with Crippen LogP contribution in [0, 0.1) is 0 Å². The summed E-state index contributed by atoms with van der Waals surface area (Å²) >= 11 is 0. The summed E-state index contributed by atoms with van der Waals surface area (Å²) in [5.74, 6) is 0.696. The lowest BCUT2D eigenvalue weighted by atomic mass is 9.87. The molecule has 0 bridgehead atoms. The first-order valence-electron chi connectivity index (χ1n) is 10.5. The average Bonchev–Trinajstić information content (AvgIpc) is 2.78. The highest BCUT2D eigenvalue weighted by atomic mass is 16.5. The molecule has 3 N–H and O–H groups in total. The smallest absolute Gasteiger partial charge is 0.254 e. The zero-order valence-electron chi connectivity index (χ0n) is 17.0. The lowest BCUT2D eigenvalue weighted by Gasteiger charge is -2.27. The van der Waals surface area contributed by atoms with Crippen LogP contribution >= 0.6 is 0 Å². The molecule has 0 aliphatic heterocycles. The standard InChI is InChI=1S/C25H27N3O2/c26-25(29)22-17-27-15-13-24(22)30-23-10-4-9-19-11-12-20(16-21(19)23)28-14-5-8-18-6-2-1-3-7-18/h1-4,6-7,9-10,13,15,17,20,28H,5,8,11-12,14,16H2,(H2,26,29). The number of nitrogens with one attached hydrogen (secondary N) is 1. The number of primary amides is 1. The van der Waals surface area contributed by atoms with Gasteiger partial charge in [0.15, 0.2) is 0 Å². The number of nitrogens with zero attached hydrogens (tertiary/aromatic N) is 1. The number of aromatic nitrogens is 1. The molecule has 5 heteroatoms. The summed E-state index contributed by atoms with van der Waals surface area (Å²) < 4.78 is 6.13. The first-order chi connectivity index (χ1) is 14.7. The van der Waals surface area contributed by atoms with Crippen molar-refractivity contribution in [2.24, 2.45) is 5.73 Å². The fraction of sp³-hybridized carbons (Fsp3) is 0.280. The zero-order valence-corrected chi connectivity index (χ0v) is 17.0. The van der Waals surface area contributed by atoms with E-state index in [-0.39, 0.29) is 0 Å². The van der Waals surface area contributed by atoms with Crippen molar-refractivity contribution in [2.75, 3.05) is 6.54 Å². The second-order valence-corrected chi connectivity index (χ2v) is 7.71. The molecule has 0 saturated heterocycles. The van der Waals surface area contributed by atoms with E-state index in [0.717, 1.165) is 44.4 Å². The van der Waals surface area contributed by atoms with Gasteiger partial charge in [-0.3, -0.25) is 9.78 Å². The third-order valence-corrected chi connectivity index (χ3v) is 5.63. The molecule has 1 atom stereocenters. The largest absolute Gasteiger partial charge is 0.456 e. The van der Waals surface area contributed by atoms with Gasteiger partial charge in [0.25, 0.3) is 5.91 Å². The summed E-state index contributed by atoms with van der Waals surface area (Å²) in [6.07, 6.45) is 8.30. The highest BCUT2D eigenvalue weighted by Crippen LogP contribution is 2.33. The Kier molecular flexibility index (Phi) is 6.40. The quantitative estimate of drug-likeness (QED) is 0.558. The van der Waals surface area contributed by atoms with E-state index in [4.69, 9.17) is 10.5 Å². The van der Waals surface area contributed by atoms with E-state index in [1.54, 1.807) is 12.3 Å². The number of hydrogen-bond donors (Lipinski definition) is 2. The third kappa shape index (κ3) is 4.86. The summed E-state index contributed by atoms with van der Waals surface area (Å²) in [4.78, 5) is 15.7. The van der Waals surface area contributed by atoms with E-state index in [9.17, 15) is 4.79 Å². The van der Waals surface area contributed by atoms with Crippen molar-refractivity contribution in [3.63, 3.8) is 0 Å². The molecule has 1 aromatic heterocycles. The fourth-order valence-corrected chi connectivity index (χ4v) is 4.04. The Bertz CT molecular complexity index is 1000. The summed E-state index contributed by atoms with van der Waals surface area (Å²) in [5.41, 5.74) is 9.66. The molecule has 2 aromatic carbocycles. The van der Waals surface area contributed by atoms with Crippen LogP contribution in [0.5, 0.6) is 11.5 Å². The van der Waals surface area contributed by atoms with Crippen LogP contribution in [-0.4, -0.2) is 23.5 Å². The maximum absolute atomic E-state index is 11.7. The first kappa shape index (κ1) is 20.1. The predicted molar refractivity (Wildman–Crippen MR) is 118 cm³/mol. The molecule has 1 aliphatic carbocycles. The number of pyridine rings is 1. The Hall–Kier alpha value is -3.18. The number of nitrogens with two attached hydrogens (primary N) is 1. The normalized spacial score (nSPS) is 15.4. The van der Waals surface area contributed by atoms with Crippen molar-refractivity contribution < 1.29 is 9.53 Å². The lowest BCUT2D eigenvalue weighted by molar-refractivity contribution is 0.0997. The van der Waals surface area contributed by atoms with Gasteiger partial charge in [-0.2, -0.15) is 0 Å². The molecule has 1 aliphatic rings. The molecule has 0 saturated carbocycles. The predicted octanol–water partition coefficient (Wildman–Crippen LogP) is 4.05. The average molecular weight is 402 g/mol. The minimum atomic E-state index is -0.541. The maximum atomic E-state index is 11.7.